The molecule has 2 heterocycles. The first-order valence-electron chi connectivity index (χ1n) is 9.61. The van der Waals surface area contributed by atoms with Gasteiger partial charge in [0.1, 0.15) is 5.76 Å². The van der Waals surface area contributed by atoms with Crippen molar-refractivity contribution in [2.24, 2.45) is 23.2 Å². The average Bonchev–Trinajstić information content (AvgIpc) is 3.21. The fourth-order valence-corrected chi connectivity index (χ4v) is 6.90. The molecule has 4 saturated carbocycles. The molecule has 4 aliphatic rings. The number of hydrogen-bond donors (Lipinski definition) is 0. The van der Waals surface area contributed by atoms with Crippen LogP contribution in [-0.2, 0) is 4.79 Å². The summed E-state index contributed by atoms with van der Waals surface area (Å²) in [5.41, 5.74) is 0.731. The van der Waals surface area contributed by atoms with Gasteiger partial charge in [0.15, 0.2) is 5.78 Å². The van der Waals surface area contributed by atoms with Gasteiger partial charge in [0.2, 0.25) is 0 Å². The van der Waals surface area contributed by atoms with Crippen molar-refractivity contribution < 1.29 is 13.6 Å². The Bertz CT molecular complexity index is 804. The molecule has 4 aliphatic carbocycles. The molecular weight excluding hydrogens is 348 g/mol. The average molecular weight is 372 g/mol. The van der Waals surface area contributed by atoms with E-state index in [0.717, 1.165) is 48.3 Å². The minimum atomic E-state index is -0.148. The maximum absolute atomic E-state index is 13.4. The number of aromatic nitrogens is 2. The summed E-state index contributed by atoms with van der Waals surface area (Å²) in [7, 11) is 0. The zero-order valence-corrected chi connectivity index (χ0v) is 16.1. The molecule has 0 spiro atoms. The lowest BCUT2D eigenvalue weighted by molar-refractivity contribution is -0.143. The highest BCUT2D eigenvalue weighted by Crippen LogP contribution is 2.61. The van der Waals surface area contributed by atoms with Crippen molar-refractivity contribution >= 4 is 17.5 Å². The first kappa shape index (κ1) is 16.6. The molecule has 1 atom stereocenters. The summed E-state index contributed by atoms with van der Waals surface area (Å²) in [6.45, 7) is 3.87. The molecule has 0 amide bonds. The molecule has 5 nitrogen and oxygen atoms in total. The lowest BCUT2D eigenvalue weighted by Crippen LogP contribution is -2.51. The van der Waals surface area contributed by atoms with E-state index in [0.29, 0.717) is 16.9 Å². The van der Waals surface area contributed by atoms with Gasteiger partial charge in [0.05, 0.1) is 17.1 Å². The number of thioether (sulfide) groups is 1. The first-order chi connectivity index (χ1) is 12.5. The third-order valence-electron chi connectivity index (χ3n) is 6.70. The Kier molecular flexibility index (Phi) is 3.82. The number of rotatable bonds is 5. The molecule has 2 aromatic rings. The summed E-state index contributed by atoms with van der Waals surface area (Å²) < 4.78 is 11.1. The number of Topliss-reactive ketones (excluding diaryl/α,β-unsaturated/α-hetero) is 1. The number of carbonyl (C=O) groups excluding carboxylic acids is 1. The van der Waals surface area contributed by atoms with Crippen molar-refractivity contribution in [3.63, 3.8) is 0 Å². The summed E-state index contributed by atoms with van der Waals surface area (Å²) >= 11 is 1.40. The largest absolute Gasteiger partial charge is 0.469 e. The molecule has 26 heavy (non-hydrogen) atoms. The molecule has 0 aliphatic heterocycles. The SMILES string of the molecule is Cc1occc1-c1nnc(S[C@@H](C)C(=O)C23CC4CC(CC(C4)C2)C3)o1. The van der Waals surface area contributed by atoms with Crippen molar-refractivity contribution in [3.8, 4) is 11.5 Å². The lowest BCUT2D eigenvalue weighted by atomic mass is 9.48. The number of furan rings is 1. The van der Waals surface area contributed by atoms with E-state index in [1.807, 2.05) is 19.9 Å². The molecule has 138 valence electrons. The molecule has 0 aromatic carbocycles. The van der Waals surface area contributed by atoms with Gasteiger partial charge in [0, 0.05) is 5.41 Å². The van der Waals surface area contributed by atoms with Gasteiger partial charge in [-0.1, -0.05) is 11.8 Å². The number of carbonyl (C=O) groups is 1. The Labute approximate surface area is 157 Å². The van der Waals surface area contributed by atoms with E-state index >= 15 is 0 Å². The Hall–Kier alpha value is -1.56. The van der Waals surface area contributed by atoms with Crippen LogP contribution in [0.1, 0.15) is 51.2 Å². The fourth-order valence-electron chi connectivity index (χ4n) is 6.02. The third-order valence-corrected chi connectivity index (χ3v) is 7.64. The maximum atomic E-state index is 13.4. The molecule has 4 fully saturated rings. The Balaban J connectivity index is 1.32. The van der Waals surface area contributed by atoms with Gasteiger partial charge in [-0.3, -0.25) is 4.79 Å². The van der Waals surface area contributed by atoms with E-state index in [4.69, 9.17) is 8.83 Å². The second kappa shape index (κ2) is 5.98. The molecule has 6 rings (SSSR count). The predicted molar refractivity (Wildman–Crippen MR) is 97.7 cm³/mol. The summed E-state index contributed by atoms with van der Waals surface area (Å²) in [5.74, 6) is 3.95. The van der Waals surface area contributed by atoms with Crippen LogP contribution >= 0.6 is 11.8 Å². The van der Waals surface area contributed by atoms with Gasteiger partial charge in [-0.25, -0.2) is 0 Å². The van der Waals surface area contributed by atoms with Gasteiger partial charge < -0.3 is 8.83 Å². The van der Waals surface area contributed by atoms with Gasteiger partial charge in [-0.05, 0) is 76.2 Å². The molecule has 4 bridgehead atoms. The van der Waals surface area contributed by atoms with E-state index in [-0.39, 0.29) is 10.7 Å². The van der Waals surface area contributed by atoms with Crippen LogP contribution in [0.25, 0.3) is 11.5 Å². The van der Waals surface area contributed by atoms with Crippen LogP contribution in [0.4, 0.5) is 0 Å². The normalized spacial score (nSPS) is 33.5. The van der Waals surface area contributed by atoms with Gasteiger partial charge in [-0.2, -0.15) is 0 Å². The molecule has 6 heteroatoms. The highest BCUT2D eigenvalue weighted by Gasteiger charge is 2.55. The summed E-state index contributed by atoms with van der Waals surface area (Å²) in [6, 6.07) is 1.82. The second-order valence-electron chi connectivity index (χ2n) is 8.59. The monoisotopic (exact) mass is 372 g/mol. The number of ketones is 1. The Morgan fingerprint density at radius 3 is 2.42 bits per heavy atom. The Morgan fingerprint density at radius 1 is 1.19 bits per heavy atom. The van der Waals surface area contributed by atoms with E-state index in [1.165, 1.54) is 31.0 Å². The van der Waals surface area contributed by atoms with Gasteiger partial charge >= 0.3 is 0 Å². The van der Waals surface area contributed by atoms with Crippen LogP contribution in [-0.4, -0.2) is 21.2 Å². The topological polar surface area (TPSA) is 69.1 Å². The van der Waals surface area contributed by atoms with Gasteiger partial charge in [0.25, 0.3) is 11.1 Å². The molecule has 0 N–H and O–H groups in total. The van der Waals surface area contributed by atoms with E-state index in [1.54, 1.807) is 6.26 Å². The van der Waals surface area contributed by atoms with Crippen molar-refractivity contribution in [1.82, 2.24) is 10.2 Å². The minimum Gasteiger partial charge on any atom is -0.469 e. The standard InChI is InChI=1S/C20H24N2O3S/c1-11-16(3-4-24-11)18-21-22-19(25-18)26-12(2)17(23)20-8-13-5-14(9-20)7-15(6-13)10-20/h3-4,12-15H,5-10H2,1-2H3/t12-,13?,14?,15?,20?/m0/s1. The number of hydrogen-bond acceptors (Lipinski definition) is 6. The van der Waals surface area contributed by atoms with Crippen molar-refractivity contribution in [1.29, 1.82) is 0 Å². The quantitative estimate of drug-likeness (QED) is 0.695. The molecule has 0 unspecified atom stereocenters. The van der Waals surface area contributed by atoms with Crippen LogP contribution in [0.2, 0.25) is 0 Å². The van der Waals surface area contributed by atoms with Crippen molar-refractivity contribution in [2.75, 3.05) is 0 Å². The van der Waals surface area contributed by atoms with Crippen LogP contribution in [0.3, 0.4) is 0 Å². The number of aryl methyl sites for hydroxylation is 1. The van der Waals surface area contributed by atoms with Crippen molar-refractivity contribution in [2.45, 2.75) is 62.8 Å². The molecule has 2 aromatic heterocycles. The lowest BCUT2D eigenvalue weighted by Gasteiger charge is -2.56. The second-order valence-corrected chi connectivity index (χ2v) is 9.88. The summed E-state index contributed by atoms with van der Waals surface area (Å²) in [5, 5.41) is 8.57. The fraction of sp³-hybridized carbons (Fsp3) is 0.650. The predicted octanol–water partition coefficient (Wildman–Crippen LogP) is 4.90. The summed E-state index contributed by atoms with van der Waals surface area (Å²) in [4.78, 5) is 13.4. The van der Waals surface area contributed by atoms with Crippen LogP contribution in [0, 0.1) is 30.1 Å². The molecule has 0 radical (unpaired) electrons. The highest BCUT2D eigenvalue weighted by atomic mass is 32.2. The molecule has 0 saturated heterocycles. The van der Waals surface area contributed by atoms with Crippen LogP contribution in [0.5, 0.6) is 0 Å². The van der Waals surface area contributed by atoms with Gasteiger partial charge in [-0.15, -0.1) is 10.2 Å². The van der Waals surface area contributed by atoms with Crippen LogP contribution < -0.4 is 0 Å². The van der Waals surface area contributed by atoms with Crippen LogP contribution in [0.15, 0.2) is 26.4 Å². The van der Waals surface area contributed by atoms with E-state index in [9.17, 15) is 4.79 Å². The smallest absolute Gasteiger partial charge is 0.277 e. The van der Waals surface area contributed by atoms with Crippen molar-refractivity contribution in [3.05, 3.63) is 18.1 Å². The molecular formula is C20H24N2O3S. The first-order valence-corrected chi connectivity index (χ1v) is 10.5. The zero-order chi connectivity index (χ0) is 17.9. The Morgan fingerprint density at radius 2 is 1.85 bits per heavy atom. The third kappa shape index (κ3) is 2.65. The maximum Gasteiger partial charge on any atom is 0.277 e. The zero-order valence-electron chi connectivity index (χ0n) is 15.2. The highest BCUT2D eigenvalue weighted by molar-refractivity contribution is 8.00. The van der Waals surface area contributed by atoms with E-state index < -0.39 is 0 Å². The summed E-state index contributed by atoms with van der Waals surface area (Å²) in [6.07, 6.45) is 8.98. The minimum absolute atomic E-state index is 0.0782. The number of nitrogens with zero attached hydrogens (tertiary/aromatic N) is 2. The van der Waals surface area contributed by atoms with E-state index in [2.05, 4.69) is 10.2 Å².